The standard InChI is InChI=1S/C10H18/c1-7-8-5-10(4,6-8)9(7,2)3/h7-8H,5-6H2,1-4H3. The highest BCUT2D eigenvalue weighted by Crippen LogP contribution is 2.70. The highest BCUT2D eigenvalue weighted by molar-refractivity contribution is 5.11. The summed E-state index contributed by atoms with van der Waals surface area (Å²) in [4.78, 5) is 0. The van der Waals surface area contributed by atoms with Crippen LogP contribution >= 0.6 is 0 Å². The molecule has 10 heavy (non-hydrogen) atoms. The molecule has 0 saturated heterocycles. The maximum Gasteiger partial charge on any atom is -0.0266 e. The van der Waals surface area contributed by atoms with Crippen molar-refractivity contribution in [2.45, 2.75) is 40.5 Å². The largest absolute Gasteiger partial charge is 0.0617 e. The summed E-state index contributed by atoms with van der Waals surface area (Å²) in [5, 5.41) is 0. The summed E-state index contributed by atoms with van der Waals surface area (Å²) in [6.45, 7) is 9.80. The molecule has 1 atom stereocenters. The van der Waals surface area contributed by atoms with Gasteiger partial charge in [-0.05, 0) is 35.5 Å². The van der Waals surface area contributed by atoms with E-state index in [1.165, 1.54) is 12.8 Å². The number of rotatable bonds is 0. The van der Waals surface area contributed by atoms with E-state index < -0.39 is 0 Å². The van der Waals surface area contributed by atoms with Crippen LogP contribution in [0.4, 0.5) is 0 Å². The van der Waals surface area contributed by atoms with Crippen molar-refractivity contribution in [3.05, 3.63) is 0 Å². The first-order valence-corrected chi connectivity index (χ1v) is 4.47. The molecule has 3 aliphatic rings. The topological polar surface area (TPSA) is 0 Å². The summed E-state index contributed by atoms with van der Waals surface area (Å²) < 4.78 is 0. The highest BCUT2D eigenvalue weighted by Gasteiger charge is 2.62. The van der Waals surface area contributed by atoms with Crippen LogP contribution in [0, 0.1) is 22.7 Å². The normalized spacial score (nSPS) is 56.4. The summed E-state index contributed by atoms with van der Waals surface area (Å²) in [7, 11) is 0. The van der Waals surface area contributed by atoms with Gasteiger partial charge in [0.1, 0.15) is 0 Å². The van der Waals surface area contributed by atoms with Crippen molar-refractivity contribution < 1.29 is 0 Å². The number of hydrogen-bond acceptors (Lipinski definition) is 0. The molecule has 0 spiro atoms. The molecular weight excluding hydrogens is 120 g/mol. The second-order valence-corrected chi connectivity index (χ2v) is 5.24. The van der Waals surface area contributed by atoms with Crippen molar-refractivity contribution in [2.24, 2.45) is 22.7 Å². The van der Waals surface area contributed by atoms with Gasteiger partial charge in [-0.25, -0.2) is 0 Å². The Hall–Kier alpha value is 0. The minimum absolute atomic E-state index is 0.623. The molecule has 0 N–H and O–H groups in total. The molecule has 0 amide bonds. The zero-order chi connectivity index (χ0) is 7.57. The Balaban J connectivity index is 2.35. The lowest BCUT2D eigenvalue weighted by molar-refractivity contribution is 0.0791. The van der Waals surface area contributed by atoms with E-state index in [1.54, 1.807) is 0 Å². The van der Waals surface area contributed by atoms with Crippen LogP contribution in [-0.4, -0.2) is 0 Å². The summed E-state index contributed by atoms with van der Waals surface area (Å²) in [5.41, 5.74) is 1.33. The van der Waals surface area contributed by atoms with Gasteiger partial charge in [0.15, 0.2) is 0 Å². The Bertz CT molecular complexity index is 161. The van der Waals surface area contributed by atoms with Gasteiger partial charge in [-0.3, -0.25) is 0 Å². The van der Waals surface area contributed by atoms with Gasteiger partial charge in [0.2, 0.25) is 0 Å². The molecule has 0 aromatic rings. The van der Waals surface area contributed by atoms with Crippen LogP contribution < -0.4 is 0 Å². The SMILES string of the molecule is CC1C2CC(C)(C2)C1(C)C. The molecule has 3 saturated carbocycles. The predicted octanol–water partition coefficient (Wildman–Crippen LogP) is 3.08. The quantitative estimate of drug-likeness (QED) is 0.482. The molecule has 0 aromatic carbocycles. The fourth-order valence-corrected chi connectivity index (χ4v) is 3.12. The maximum atomic E-state index is 2.47. The number of fused-ring (bicyclic) bond motifs is 1. The van der Waals surface area contributed by atoms with E-state index in [0.29, 0.717) is 10.8 Å². The molecule has 0 radical (unpaired) electrons. The first kappa shape index (κ1) is 6.69. The van der Waals surface area contributed by atoms with Crippen molar-refractivity contribution >= 4 is 0 Å². The number of hydrogen-bond donors (Lipinski definition) is 0. The van der Waals surface area contributed by atoms with Gasteiger partial charge in [-0.2, -0.15) is 0 Å². The molecule has 3 fully saturated rings. The Morgan fingerprint density at radius 1 is 1.10 bits per heavy atom. The van der Waals surface area contributed by atoms with Crippen LogP contribution in [0.1, 0.15) is 40.5 Å². The molecule has 58 valence electrons. The second kappa shape index (κ2) is 1.44. The minimum Gasteiger partial charge on any atom is -0.0617 e. The maximum absolute atomic E-state index is 2.47. The lowest BCUT2D eigenvalue weighted by Crippen LogP contribution is -2.33. The molecule has 0 nitrogen and oxygen atoms in total. The molecular formula is C10H18. The highest BCUT2D eigenvalue weighted by atomic mass is 14.7. The van der Waals surface area contributed by atoms with E-state index in [-0.39, 0.29) is 0 Å². The monoisotopic (exact) mass is 138 g/mol. The van der Waals surface area contributed by atoms with Gasteiger partial charge in [0, 0.05) is 0 Å². The van der Waals surface area contributed by atoms with Crippen LogP contribution in [0.5, 0.6) is 0 Å². The molecule has 2 bridgehead atoms. The summed E-state index contributed by atoms with van der Waals surface area (Å²) >= 11 is 0. The van der Waals surface area contributed by atoms with Crippen molar-refractivity contribution in [1.29, 1.82) is 0 Å². The minimum atomic E-state index is 0.623. The van der Waals surface area contributed by atoms with E-state index in [4.69, 9.17) is 0 Å². The Morgan fingerprint density at radius 3 is 1.70 bits per heavy atom. The van der Waals surface area contributed by atoms with Gasteiger partial charge in [0.05, 0.1) is 0 Å². The first-order chi connectivity index (χ1) is 4.47. The lowest BCUT2D eigenvalue weighted by Gasteiger charge is -2.42. The molecule has 0 heteroatoms. The van der Waals surface area contributed by atoms with Crippen molar-refractivity contribution in [3.63, 3.8) is 0 Å². The second-order valence-electron chi connectivity index (χ2n) is 5.24. The van der Waals surface area contributed by atoms with Gasteiger partial charge < -0.3 is 0 Å². The van der Waals surface area contributed by atoms with Crippen LogP contribution in [0.2, 0.25) is 0 Å². The van der Waals surface area contributed by atoms with Gasteiger partial charge in [-0.1, -0.05) is 27.7 Å². The van der Waals surface area contributed by atoms with E-state index in [2.05, 4.69) is 27.7 Å². The van der Waals surface area contributed by atoms with Gasteiger partial charge >= 0.3 is 0 Å². The van der Waals surface area contributed by atoms with E-state index in [1.807, 2.05) is 0 Å². The molecule has 0 aromatic heterocycles. The predicted molar refractivity (Wildman–Crippen MR) is 43.8 cm³/mol. The van der Waals surface area contributed by atoms with Crippen LogP contribution in [0.15, 0.2) is 0 Å². The van der Waals surface area contributed by atoms with E-state index in [0.717, 1.165) is 11.8 Å². The molecule has 3 aliphatic carbocycles. The first-order valence-electron chi connectivity index (χ1n) is 4.47. The lowest BCUT2D eigenvalue weighted by atomic mass is 9.63. The fraction of sp³-hybridized carbons (Fsp3) is 1.00. The zero-order valence-corrected chi connectivity index (χ0v) is 7.57. The van der Waals surface area contributed by atoms with Crippen molar-refractivity contribution in [2.75, 3.05) is 0 Å². The summed E-state index contributed by atoms with van der Waals surface area (Å²) in [6.07, 6.45) is 3.00. The van der Waals surface area contributed by atoms with Crippen LogP contribution in [0.3, 0.4) is 0 Å². The average Bonchev–Trinajstić information content (AvgIpc) is 1.97. The molecule has 1 unspecified atom stereocenters. The third-order valence-corrected chi connectivity index (χ3v) is 4.83. The zero-order valence-electron chi connectivity index (χ0n) is 7.57. The third kappa shape index (κ3) is 0.466. The van der Waals surface area contributed by atoms with Crippen molar-refractivity contribution in [3.8, 4) is 0 Å². The summed E-state index contributed by atoms with van der Waals surface area (Å²) in [5.74, 6) is 2.04. The van der Waals surface area contributed by atoms with Crippen LogP contribution in [-0.2, 0) is 0 Å². The fourth-order valence-electron chi connectivity index (χ4n) is 3.12. The summed E-state index contributed by atoms with van der Waals surface area (Å²) in [6, 6.07) is 0. The van der Waals surface area contributed by atoms with Gasteiger partial charge in [-0.15, -0.1) is 0 Å². The Labute approximate surface area is 64.0 Å². The van der Waals surface area contributed by atoms with Crippen molar-refractivity contribution in [1.82, 2.24) is 0 Å². The molecule has 0 aliphatic heterocycles. The van der Waals surface area contributed by atoms with Gasteiger partial charge in [0.25, 0.3) is 0 Å². The van der Waals surface area contributed by atoms with Crippen LogP contribution in [0.25, 0.3) is 0 Å². The van der Waals surface area contributed by atoms with E-state index in [9.17, 15) is 0 Å². The third-order valence-electron chi connectivity index (χ3n) is 4.83. The average molecular weight is 138 g/mol. The smallest absolute Gasteiger partial charge is 0.0266 e. The molecule has 3 rings (SSSR count). The Morgan fingerprint density at radius 2 is 1.60 bits per heavy atom. The van der Waals surface area contributed by atoms with E-state index >= 15 is 0 Å². The Kier molecular flexibility index (Phi) is 0.964. The molecule has 0 heterocycles.